The minimum absolute atomic E-state index is 0.0267. The third kappa shape index (κ3) is 3.70. The van der Waals surface area contributed by atoms with E-state index >= 15 is 0 Å². The second kappa shape index (κ2) is 7.06. The van der Waals surface area contributed by atoms with Gasteiger partial charge in [0.05, 0.1) is 19.3 Å². The lowest BCUT2D eigenvalue weighted by Gasteiger charge is -2.17. The summed E-state index contributed by atoms with van der Waals surface area (Å²) < 4.78 is 5.57. The Hall–Kier alpha value is -1.29. The highest BCUT2D eigenvalue weighted by Gasteiger charge is 2.09. The molecular formula is C12H20N2O2. The normalized spacial score (nSPS) is 12.2. The first-order valence-corrected chi connectivity index (χ1v) is 5.77. The summed E-state index contributed by atoms with van der Waals surface area (Å²) in [6, 6.07) is 3.75. The van der Waals surface area contributed by atoms with Gasteiger partial charge in [-0.25, -0.2) is 4.98 Å². The van der Waals surface area contributed by atoms with Crippen LogP contribution in [0.15, 0.2) is 18.3 Å². The zero-order chi connectivity index (χ0) is 11.8. The van der Waals surface area contributed by atoms with E-state index in [0.717, 1.165) is 18.6 Å². The number of aliphatic hydroxyl groups is 1. The van der Waals surface area contributed by atoms with Gasteiger partial charge in [-0.1, -0.05) is 13.8 Å². The molecule has 90 valence electrons. The lowest BCUT2D eigenvalue weighted by Crippen LogP contribution is -2.23. The second-order valence-electron chi connectivity index (χ2n) is 3.63. The molecule has 0 aliphatic heterocycles. The average molecular weight is 224 g/mol. The zero-order valence-corrected chi connectivity index (χ0v) is 9.94. The van der Waals surface area contributed by atoms with Gasteiger partial charge >= 0.3 is 0 Å². The van der Waals surface area contributed by atoms with Crippen LogP contribution in [0.1, 0.15) is 26.7 Å². The van der Waals surface area contributed by atoms with Gasteiger partial charge in [-0.05, 0) is 25.0 Å². The number of rotatable bonds is 7. The number of aromatic nitrogens is 1. The Bertz CT molecular complexity index is 301. The van der Waals surface area contributed by atoms with E-state index in [1.165, 1.54) is 0 Å². The molecule has 0 amide bonds. The first-order chi connectivity index (χ1) is 7.81. The minimum Gasteiger partial charge on any atom is -0.490 e. The number of pyridine rings is 1. The third-order valence-corrected chi connectivity index (χ3v) is 2.29. The van der Waals surface area contributed by atoms with Gasteiger partial charge in [0, 0.05) is 6.20 Å². The van der Waals surface area contributed by atoms with E-state index in [9.17, 15) is 0 Å². The van der Waals surface area contributed by atoms with Crippen molar-refractivity contribution in [3.8, 4) is 5.75 Å². The number of hydrogen-bond donors (Lipinski definition) is 2. The molecule has 0 aromatic carbocycles. The van der Waals surface area contributed by atoms with E-state index in [1.54, 1.807) is 6.20 Å². The summed E-state index contributed by atoms with van der Waals surface area (Å²) in [5, 5.41) is 12.3. The van der Waals surface area contributed by atoms with Crippen molar-refractivity contribution >= 4 is 5.82 Å². The maximum Gasteiger partial charge on any atom is 0.169 e. The van der Waals surface area contributed by atoms with Crippen LogP contribution >= 0.6 is 0 Å². The van der Waals surface area contributed by atoms with Crippen molar-refractivity contribution in [3.05, 3.63) is 18.3 Å². The van der Waals surface area contributed by atoms with Gasteiger partial charge in [0.2, 0.25) is 0 Å². The molecule has 4 nitrogen and oxygen atoms in total. The fourth-order valence-corrected chi connectivity index (χ4v) is 1.30. The Balaban J connectivity index is 2.69. The molecule has 0 saturated carbocycles. The van der Waals surface area contributed by atoms with Gasteiger partial charge < -0.3 is 15.2 Å². The predicted molar refractivity (Wildman–Crippen MR) is 64.8 cm³/mol. The molecule has 0 aliphatic carbocycles. The van der Waals surface area contributed by atoms with E-state index in [0.29, 0.717) is 12.4 Å². The fourth-order valence-electron chi connectivity index (χ4n) is 1.30. The van der Waals surface area contributed by atoms with E-state index in [4.69, 9.17) is 9.84 Å². The number of nitrogens with zero attached hydrogens (tertiary/aromatic N) is 1. The molecule has 1 heterocycles. The van der Waals surface area contributed by atoms with Crippen LogP contribution in [-0.4, -0.2) is 29.3 Å². The topological polar surface area (TPSA) is 54.4 Å². The molecule has 1 unspecified atom stereocenters. The monoisotopic (exact) mass is 224 g/mol. The molecule has 0 fully saturated rings. The molecule has 1 atom stereocenters. The van der Waals surface area contributed by atoms with Crippen molar-refractivity contribution in [2.24, 2.45) is 0 Å². The van der Waals surface area contributed by atoms with Crippen molar-refractivity contribution in [2.75, 3.05) is 18.5 Å². The predicted octanol–water partition coefficient (Wildman–Crippen LogP) is 2.05. The molecule has 0 aliphatic rings. The standard InChI is InChI=1S/C12H20N2O2/c1-3-8-16-11-6-5-7-13-12(11)14-10(4-2)9-15/h5-7,10,15H,3-4,8-9H2,1-2H3,(H,13,14). The van der Waals surface area contributed by atoms with E-state index in [-0.39, 0.29) is 12.6 Å². The minimum atomic E-state index is 0.0267. The molecule has 1 aromatic heterocycles. The van der Waals surface area contributed by atoms with Crippen LogP contribution in [0, 0.1) is 0 Å². The number of ether oxygens (including phenoxy) is 1. The van der Waals surface area contributed by atoms with Gasteiger partial charge in [-0.3, -0.25) is 0 Å². The molecule has 16 heavy (non-hydrogen) atoms. The fraction of sp³-hybridized carbons (Fsp3) is 0.583. The highest BCUT2D eigenvalue weighted by molar-refractivity contribution is 5.50. The Kier molecular flexibility index (Phi) is 5.64. The van der Waals surface area contributed by atoms with Crippen LogP contribution < -0.4 is 10.1 Å². The van der Waals surface area contributed by atoms with E-state index in [2.05, 4.69) is 17.2 Å². The lowest BCUT2D eigenvalue weighted by atomic mass is 10.2. The largest absolute Gasteiger partial charge is 0.490 e. The number of anilines is 1. The quantitative estimate of drug-likeness (QED) is 0.744. The van der Waals surface area contributed by atoms with Crippen molar-refractivity contribution < 1.29 is 9.84 Å². The SMILES string of the molecule is CCCOc1cccnc1NC(CC)CO. The van der Waals surface area contributed by atoms with Gasteiger partial charge in [-0.15, -0.1) is 0 Å². The van der Waals surface area contributed by atoms with Crippen LogP contribution in [0.4, 0.5) is 5.82 Å². The smallest absolute Gasteiger partial charge is 0.169 e. The van der Waals surface area contributed by atoms with Crippen molar-refractivity contribution in [2.45, 2.75) is 32.7 Å². The second-order valence-corrected chi connectivity index (χ2v) is 3.63. The number of aliphatic hydroxyl groups excluding tert-OH is 1. The highest BCUT2D eigenvalue weighted by Crippen LogP contribution is 2.22. The summed E-state index contributed by atoms with van der Waals surface area (Å²) >= 11 is 0. The summed E-state index contributed by atoms with van der Waals surface area (Å²) in [4.78, 5) is 4.22. The van der Waals surface area contributed by atoms with Crippen molar-refractivity contribution in [1.82, 2.24) is 4.98 Å². The number of hydrogen-bond acceptors (Lipinski definition) is 4. The molecule has 2 N–H and O–H groups in total. The van der Waals surface area contributed by atoms with Gasteiger partial charge in [0.15, 0.2) is 11.6 Å². The highest BCUT2D eigenvalue weighted by atomic mass is 16.5. The molecule has 0 bridgehead atoms. The van der Waals surface area contributed by atoms with Gasteiger partial charge in [0.1, 0.15) is 0 Å². The van der Waals surface area contributed by atoms with Crippen LogP contribution in [0.2, 0.25) is 0 Å². The Labute approximate surface area is 96.7 Å². The molecule has 1 aromatic rings. The summed E-state index contributed by atoms with van der Waals surface area (Å²) in [7, 11) is 0. The van der Waals surface area contributed by atoms with E-state index in [1.807, 2.05) is 19.1 Å². The third-order valence-electron chi connectivity index (χ3n) is 2.29. The number of nitrogens with one attached hydrogen (secondary N) is 1. The molecule has 0 saturated heterocycles. The van der Waals surface area contributed by atoms with Gasteiger partial charge in [-0.2, -0.15) is 0 Å². The van der Waals surface area contributed by atoms with Crippen molar-refractivity contribution in [3.63, 3.8) is 0 Å². The van der Waals surface area contributed by atoms with Crippen LogP contribution in [0.3, 0.4) is 0 Å². The van der Waals surface area contributed by atoms with Crippen LogP contribution in [0.25, 0.3) is 0 Å². The molecule has 0 radical (unpaired) electrons. The molecular weight excluding hydrogens is 204 g/mol. The Morgan fingerprint density at radius 1 is 1.50 bits per heavy atom. The maximum absolute atomic E-state index is 9.12. The first kappa shape index (κ1) is 12.8. The molecule has 0 spiro atoms. The van der Waals surface area contributed by atoms with Crippen LogP contribution in [0.5, 0.6) is 5.75 Å². The average Bonchev–Trinajstić information content (AvgIpc) is 2.34. The maximum atomic E-state index is 9.12. The summed E-state index contributed by atoms with van der Waals surface area (Å²) in [6.07, 6.45) is 3.52. The summed E-state index contributed by atoms with van der Waals surface area (Å²) in [5.41, 5.74) is 0. The first-order valence-electron chi connectivity index (χ1n) is 5.77. The lowest BCUT2D eigenvalue weighted by molar-refractivity contribution is 0.270. The molecule has 4 heteroatoms. The zero-order valence-electron chi connectivity index (χ0n) is 9.94. The van der Waals surface area contributed by atoms with E-state index < -0.39 is 0 Å². The summed E-state index contributed by atoms with van der Waals surface area (Å²) in [6.45, 7) is 4.85. The van der Waals surface area contributed by atoms with Crippen LogP contribution in [-0.2, 0) is 0 Å². The van der Waals surface area contributed by atoms with Gasteiger partial charge in [0.25, 0.3) is 0 Å². The Morgan fingerprint density at radius 3 is 2.94 bits per heavy atom. The molecule has 1 rings (SSSR count). The summed E-state index contributed by atoms with van der Waals surface area (Å²) in [5.74, 6) is 1.45. The van der Waals surface area contributed by atoms with Crippen molar-refractivity contribution in [1.29, 1.82) is 0 Å². The Morgan fingerprint density at radius 2 is 2.31 bits per heavy atom.